The summed E-state index contributed by atoms with van der Waals surface area (Å²) in [5.41, 5.74) is 3.60. The minimum Gasteiger partial charge on any atom is -0.455 e. The first-order valence-corrected chi connectivity index (χ1v) is 9.92. The second-order valence-electron chi connectivity index (χ2n) is 7.37. The first-order valence-electron chi connectivity index (χ1n) is 9.92. The molecule has 4 aromatic rings. The molecular weight excluding hydrogens is 412 g/mol. The number of ether oxygens (including phenoxy) is 2. The molecule has 8 bridgehead atoms. The second-order valence-corrected chi connectivity index (χ2v) is 7.37. The third-order valence-electron chi connectivity index (χ3n) is 4.89. The predicted octanol–water partition coefficient (Wildman–Crippen LogP) is 1.99. The lowest BCUT2D eigenvalue weighted by Gasteiger charge is -2.07. The predicted molar refractivity (Wildman–Crippen MR) is 109 cm³/mol. The zero-order chi connectivity index (χ0) is 21.9. The Morgan fingerprint density at radius 1 is 0.688 bits per heavy atom. The number of nitrogens with zero attached hydrogens (tertiary/aromatic N) is 6. The normalized spacial score (nSPS) is 14.4. The fourth-order valence-electron chi connectivity index (χ4n) is 3.38. The molecule has 32 heavy (non-hydrogen) atoms. The van der Waals surface area contributed by atoms with E-state index in [2.05, 4.69) is 20.6 Å². The number of benzene rings is 2. The number of aromatic nitrogens is 6. The van der Waals surface area contributed by atoms with E-state index in [1.165, 1.54) is 6.07 Å². The van der Waals surface area contributed by atoms with Gasteiger partial charge in [0.2, 0.25) is 0 Å². The molecule has 0 fully saturated rings. The van der Waals surface area contributed by atoms with Gasteiger partial charge in [-0.3, -0.25) is 0 Å². The average Bonchev–Trinajstić information content (AvgIpc) is 3.45. The van der Waals surface area contributed by atoms with Crippen LogP contribution in [0.1, 0.15) is 43.2 Å². The molecule has 0 radical (unpaired) electrons. The van der Waals surface area contributed by atoms with Crippen LogP contribution in [0.15, 0.2) is 60.9 Å². The highest BCUT2D eigenvalue weighted by atomic mass is 16.5. The fourth-order valence-corrected chi connectivity index (χ4v) is 3.38. The van der Waals surface area contributed by atoms with Crippen LogP contribution in [-0.2, 0) is 35.8 Å². The van der Waals surface area contributed by atoms with E-state index in [1.807, 2.05) is 24.3 Å². The van der Waals surface area contributed by atoms with Gasteiger partial charge in [-0.2, -0.15) is 0 Å². The minimum absolute atomic E-state index is 0.0281. The van der Waals surface area contributed by atoms with Crippen molar-refractivity contribution >= 4 is 11.9 Å². The molecule has 1 aliphatic rings. The van der Waals surface area contributed by atoms with E-state index in [9.17, 15) is 9.59 Å². The Morgan fingerprint density at radius 3 is 1.72 bits per heavy atom. The number of carbonyl (C=O) groups is 2. The summed E-state index contributed by atoms with van der Waals surface area (Å²) < 4.78 is 14.0. The zero-order valence-corrected chi connectivity index (χ0v) is 16.9. The number of carbonyl (C=O) groups excluding carboxylic acids is 2. The molecule has 10 nitrogen and oxygen atoms in total. The van der Waals surface area contributed by atoms with Gasteiger partial charge in [-0.1, -0.05) is 40.8 Å². The van der Waals surface area contributed by atoms with Crippen molar-refractivity contribution in [3.8, 4) is 0 Å². The average molecular weight is 430 g/mol. The topological polar surface area (TPSA) is 114 Å². The molecule has 0 unspecified atom stereocenters. The summed E-state index contributed by atoms with van der Waals surface area (Å²) in [6.07, 6.45) is 3.46. The van der Waals surface area contributed by atoms with Crippen molar-refractivity contribution in [2.24, 2.45) is 0 Å². The Balaban J connectivity index is 1.45. The summed E-state index contributed by atoms with van der Waals surface area (Å²) in [5.74, 6) is -1.14. The standard InChI is InChI=1S/C22H18N6O4/c29-21-17-5-2-6-18(8-17)22(30)32-14-20-12-28(26-24-20)10-16-4-1-3-15(7-16)9-27-11-19(13-31-21)23-25-27/h1-8,11-12H,9-10,13-14H2. The molecule has 0 atom stereocenters. The molecule has 0 N–H and O–H groups in total. The van der Waals surface area contributed by atoms with Crippen molar-refractivity contribution < 1.29 is 19.1 Å². The number of cyclic esters (lactones) is 2. The van der Waals surface area contributed by atoms with Crippen LogP contribution in [-0.4, -0.2) is 41.9 Å². The lowest BCUT2D eigenvalue weighted by molar-refractivity contribution is 0.0465. The van der Waals surface area contributed by atoms with E-state index < -0.39 is 11.9 Å². The van der Waals surface area contributed by atoms with E-state index in [0.29, 0.717) is 24.5 Å². The van der Waals surface area contributed by atoms with Crippen LogP contribution < -0.4 is 0 Å². The zero-order valence-electron chi connectivity index (χ0n) is 16.9. The van der Waals surface area contributed by atoms with Crippen LogP contribution in [0.5, 0.6) is 0 Å². The van der Waals surface area contributed by atoms with Gasteiger partial charge in [-0.15, -0.1) is 10.2 Å². The quantitative estimate of drug-likeness (QED) is 0.389. The third kappa shape index (κ3) is 4.38. The van der Waals surface area contributed by atoms with Gasteiger partial charge in [-0.25, -0.2) is 19.0 Å². The summed E-state index contributed by atoms with van der Waals surface area (Å²) in [5, 5.41) is 16.4. The maximum Gasteiger partial charge on any atom is 0.338 e. The summed E-state index contributed by atoms with van der Waals surface area (Å²) in [4.78, 5) is 24.9. The Labute approximate surface area is 182 Å². The monoisotopic (exact) mass is 430 g/mol. The van der Waals surface area contributed by atoms with E-state index in [4.69, 9.17) is 9.47 Å². The maximum absolute atomic E-state index is 12.4. The molecule has 0 amide bonds. The van der Waals surface area contributed by atoms with Crippen molar-refractivity contribution in [3.05, 3.63) is 94.6 Å². The lowest BCUT2D eigenvalue weighted by Crippen LogP contribution is -2.09. The molecular formula is C22H18N6O4. The van der Waals surface area contributed by atoms with Gasteiger partial charge >= 0.3 is 11.9 Å². The van der Waals surface area contributed by atoms with E-state index in [-0.39, 0.29) is 24.3 Å². The van der Waals surface area contributed by atoms with Crippen LogP contribution in [0.25, 0.3) is 0 Å². The van der Waals surface area contributed by atoms with Gasteiger partial charge in [0.25, 0.3) is 0 Å². The van der Waals surface area contributed by atoms with Crippen molar-refractivity contribution in [1.82, 2.24) is 30.0 Å². The van der Waals surface area contributed by atoms with Gasteiger partial charge < -0.3 is 9.47 Å². The Morgan fingerprint density at radius 2 is 1.19 bits per heavy atom. The van der Waals surface area contributed by atoms with Crippen LogP contribution in [0.4, 0.5) is 0 Å². The molecule has 3 heterocycles. The van der Waals surface area contributed by atoms with Crippen molar-refractivity contribution in [3.63, 3.8) is 0 Å². The van der Waals surface area contributed by atoms with Crippen LogP contribution in [0.2, 0.25) is 0 Å². The SMILES string of the molecule is O=C1OCc2cn(nn2)Cc2cccc(c2)Cn2cc(nn2)COC(=O)c2cccc1c2. The Hall–Kier alpha value is -4.34. The van der Waals surface area contributed by atoms with Gasteiger partial charge in [0, 0.05) is 0 Å². The van der Waals surface area contributed by atoms with Crippen molar-refractivity contribution in [1.29, 1.82) is 0 Å². The highest BCUT2D eigenvalue weighted by molar-refractivity contribution is 5.95. The molecule has 5 rings (SSSR count). The van der Waals surface area contributed by atoms with E-state index in [0.717, 1.165) is 11.1 Å². The van der Waals surface area contributed by atoms with Crippen molar-refractivity contribution in [2.75, 3.05) is 0 Å². The second kappa shape index (κ2) is 8.42. The van der Waals surface area contributed by atoms with Crippen LogP contribution in [0.3, 0.4) is 0 Å². The number of rotatable bonds is 0. The van der Waals surface area contributed by atoms with Crippen LogP contribution in [0, 0.1) is 0 Å². The summed E-state index contributed by atoms with van der Waals surface area (Å²) in [6.45, 7) is 0.990. The van der Waals surface area contributed by atoms with Crippen LogP contribution >= 0.6 is 0 Å². The maximum atomic E-state index is 12.4. The molecule has 0 spiro atoms. The minimum atomic E-state index is -0.570. The van der Waals surface area contributed by atoms with E-state index >= 15 is 0 Å². The molecule has 0 aliphatic carbocycles. The number of esters is 2. The molecule has 10 heteroatoms. The molecule has 0 saturated heterocycles. The first kappa shape index (κ1) is 19.6. The van der Waals surface area contributed by atoms with Gasteiger partial charge in [0.05, 0.1) is 36.6 Å². The molecule has 2 aromatic heterocycles. The van der Waals surface area contributed by atoms with E-state index in [1.54, 1.807) is 40.0 Å². The van der Waals surface area contributed by atoms with Gasteiger partial charge in [0.1, 0.15) is 24.6 Å². The molecule has 2 aromatic carbocycles. The molecule has 1 aliphatic heterocycles. The van der Waals surface area contributed by atoms with Gasteiger partial charge in [-0.05, 0) is 29.3 Å². The lowest BCUT2D eigenvalue weighted by atomic mass is 10.1. The third-order valence-corrected chi connectivity index (χ3v) is 4.89. The largest absolute Gasteiger partial charge is 0.455 e. The highest BCUT2D eigenvalue weighted by Crippen LogP contribution is 2.13. The summed E-state index contributed by atoms with van der Waals surface area (Å²) in [7, 11) is 0. The Bertz CT molecular complexity index is 1200. The smallest absolute Gasteiger partial charge is 0.338 e. The molecule has 160 valence electrons. The molecule has 0 saturated carbocycles. The fraction of sp³-hybridized carbons (Fsp3) is 0.182. The summed E-state index contributed by atoms with van der Waals surface area (Å²) >= 11 is 0. The van der Waals surface area contributed by atoms with Gasteiger partial charge in [0.15, 0.2) is 0 Å². The first-order chi connectivity index (χ1) is 15.6. The number of hydrogen-bond acceptors (Lipinski definition) is 8. The summed E-state index contributed by atoms with van der Waals surface area (Å²) in [6, 6.07) is 14.2. The highest BCUT2D eigenvalue weighted by Gasteiger charge is 2.15. The Kier molecular flexibility index (Phi) is 5.16. The number of fused-ring (bicyclic) bond motifs is 8. The van der Waals surface area contributed by atoms with Crippen molar-refractivity contribution in [2.45, 2.75) is 26.3 Å². The number of hydrogen-bond donors (Lipinski definition) is 0.